The van der Waals surface area contributed by atoms with E-state index in [1.165, 1.54) is 0 Å². The van der Waals surface area contributed by atoms with Gasteiger partial charge in [0.05, 0.1) is 24.4 Å². The van der Waals surface area contributed by atoms with Crippen LogP contribution in [0.25, 0.3) is 23.0 Å². The van der Waals surface area contributed by atoms with E-state index in [2.05, 4.69) is 32.6 Å². The van der Waals surface area contributed by atoms with Crippen LogP contribution in [-0.4, -0.2) is 31.7 Å². The Bertz CT molecular complexity index is 1040. The topological polar surface area (TPSA) is 78.9 Å². The van der Waals surface area contributed by atoms with Crippen LogP contribution in [0, 0.1) is 6.92 Å². The zero-order valence-corrected chi connectivity index (χ0v) is 15.2. The van der Waals surface area contributed by atoms with Gasteiger partial charge in [0, 0.05) is 0 Å². The zero-order chi connectivity index (χ0) is 18.6. The molecule has 27 heavy (non-hydrogen) atoms. The summed E-state index contributed by atoms with van der Waals surface area (Å²) in [6, 6.07) is 17.7. The van der Waals surface area contributed by atoms with Crippen LogP contribution in [-0.2, 0) is 6.54 Å². The van der Waals surface area contributed by atoms with E-state index in [0.717, 1.165) is 16.8 Å². The first kappa shape index (κ1) is 17.0. The molecular weight excluding hydrogens is 342 g/mol. The van der Waals surface area contributed by atoms with E-state index < -0.39 is 0 Å². The van der Waals surface area contributed by atoms with Crippen molar-refractivity contribution in [1.29, 1.82) is 0 Å². The molecule has 0 bridgehead atoms. The highest BCUT2D eigenvalue weighted by Gasteiger charge is 2.19. The molecule has 0 amide bonds. The predicted molar refractivity (Wildman–Crippen MR) is 100 cm³/mol. The number of rotatable bonds is 6. The third-order valence-electron chi connectivity index (χ3n) is 4.21. The number of aromatic nitrogens is 5. The summed E-state index contributed by atoms with van der Waals surface area (Å²) in [5, 5.41) is 12.6. The summed E-state index contributed by atoms with van der Waals surface area (Å²) in [5.74, 6) is 1.51. The maximum atomic E-state index is 5.64. The Morgan fingerprint density at radius 1 is 1.04 bits per heavy atom. The summed E-state index contributed by atoms with van der Waals surface area (Å²) in [6.07, 6.45) is 0. The molecule has 0 atom stereocenters. The molecule has 0 saturated heterocycles. The molecule has 4 aromatic rings. The van der Waals surface area contributed by atoms with Crippen molar-refractivity contribution in [2.75, 3.05) is 6.61 Å². The van der Waals surface area contributed by atoms with Gasteiger partial charge in [-0.05, 0) is 31.5 Å². The smallest absolute Gasteiger partial charge is 0.262 e. The van der Waals surface area contributed by atoms with E-state index in [1.54, 1.807) is 0 Å². The highest BCUT2D eigenvalue weighted by molar-refractivity contribution is 5.64. The minimum absolute atomic E-state index is 0.394. The predicted octanol–water partition coefficient (Wildman–Crippen LogP) is 3.75. The van der Waals surface area contributed by atoms with Gasteiger partial charge in [-0.25, -0.2) is 4.68 Å². The largest absolute Gasteiger partial charge is 0.493 e. The summed E-state index contributed by atoms with van der Waals surface area (Å²) in [6.45, 7) is 5.08. The van der Waals surface area contributed by atoms with Crippen molar-refractivity contribution in [3.63, 3.8) is 0 Å². The maximum absolute atomic E-state index is 5.64. The van der Waals surface area contributed by atoms with Gasteiger partial charge in [0.2, 0.25) is 5.82 Å². The second-order valence-electron chi connectivity index (χ2n) is 6.02. The third-order valence-corrected chi connectivity index (χ3v) is 4.21. The van der Waals surface area contributed by atoms with Gasteiger partial charge in [-0.1, -0.05) is 52.8 Å². The molecule has 0 aliphatic carbocycles. The second kappa shape index (κ2) is 7.41. The van der Waals surface area contributed by atoms with Crippen molar-refractivity contribution in [3.05, 3.63) is 65.9 Å². The van der Waals surface area contributed by atoms with Crippen LogP contribution >= 0.6 is 0 Å². The third kappa shape index (κ3) is 3.44. The second-order valence-corrected chi connectivity index (χ2v) is 6.02. The van der Waals surface area contributed by atoms with E-state index in [1.807, 2.05) is 61.0 Å². The van der Waals surface area contributed by atoms with Gasteiger partial charge in [-0.3, -0.25) is 0 Å². The van der Waals surface area contributed by atoms with Crippen molar-refractivity contribution < 1.29 is 9.26 Å². The first-order valence-corrected chi connectivity index (χ1v) is 8.76. The molecule has 2 aromatic carbocycles. The van der Waals surface area contributed by atoms with Crippen LogP contribution in [0.2, 0.25) is 0 Å². The number of ether oxygens (including phenoxy) is 1. The average molecular weight is 361 g/mol. The van der Waals surface area contributed by atoms with Crippen molar-refractivity contribution >= 4 is 0 Å². The SMILES string of the molecule is CCOc1ccccc1-c1nc(-c2nnn(Cc3ccccc3)c2C)no1. The van der Waals surface area contributed by atoms with E-state index in [0.29, 0.717) is 36.3 Å². The minimum atomic E-state index is 0.394. The molecule has 4 rings (SSSR count). The fourth-order valence-electron chi connectivity index (χ4n) is 2.83. The number of nitrogens with zero attached hydrogens (tertiary/aromatic N) is 5. The Morgan fingerprint density at radius 3 is 2.63 bits per heavy atom. The first-order valence-electron chi connectivity index (χ1n) is 8.76. The Hall–Kier alpha value is -3.48. The number of hydrogen-bond donors (Lipinski definition) is 0. The molecule has 2 heterocycles. The highest BCUT2D eigenvalue weighted by Crippen LogP contribution is 2.30. The zero-order valence-electron chi connectivity index (χ0n) is 15.2. The Morgan fingerprint density at radius 2 is 1.81 bits per heavy atom. The number of para-hydroxylation sites is 1. The van der Waals surface area contributed by atoms with Gasteiger partial charge >= 0.3 is 0 Å². The lowest BCUT2D eigenvalue weighted by atomic mass is 10.2. The summed E-state index contributed by atoms with van der Waals surface area (Å²) < 4.78 is 12.9. The molecule has 7 nitrogen and oxygen atoms in total. The number of benzene rings is 2. The normalized spacial score (nSPS) is 10.9. The van der Waals surface area contributed by atoms with E-state index in [4.69, 9.17) is 9.26 Å². The van der Waals surface area contributed by atoms with Crippen LogP contribution in [0.1, 0.15) is 18.2 Å². The van der Waals surface area contributed by atoms with Crippen molar-refractivity contribution in [1.82, 2.24) is 25.1 Å². The Balaban J connectivity index is 1.63. The summed E-state index contributed by atoms with van der Waals surface area (Å²) in [4.78, 5) is 4.50. The quantitative estimate of drug-likeness (QED) is 0.520. The van der Waals surface area contributed by atoms with Gasteiger partial charge in [0.25, 0.3) is 5.89 Å². The molecule has 0 saturated carbocycles. The fraction of sp³-hybridized carbons (Fsp3) is 0.200. The van der Waals surface area contributed by atoms with Gasteiger partial charge in [-0.2, -0.15) is 4.98 Å². The number of hydrogen-bond acceptors (Lipinski definition) is 6. The Labute approximate surface area is 156 Å². The van der Waals surface area contributed by atoms with E-state index >= 15 is 0 Å². The molecule has 0 spiro atoms. The van der Waals surface area contributed by atoms with Crippen LogP contribution in [0.4, 0.5) is 0 Å². The van der Waals surface area contributed by atoms with Crippen LogP contribution in [0.15, 0.2) is 59.1 Å². The summed E-state index contributed by atoms with van der Waals surface area (Å²) in [5.41, 5.74) is 3.39. The highest BCUT2D eigenvalue weighted by atomic mass is 16.5. The first-order chi connectivity index (χ1) is 13.3. The van der Waals surface area contributed by atoms with E-state index in [-0.39, 0.29) is 0 Å². The average Bonchev–Trinajstić information content (AvgIpc) is 3.31. The van der Waals surface area contributed by atoms with Crippen molar-refractivity contribution in [2.24, 2.45) is 0 Å². The van der Waals surface area contributed by atoms with Crippen LogP contribution in [0.3, 0.4) is 0 Å². The van der Waals surface area contributed by atoms with Gasteiger partial charge < -0.3 is 9.26 Å². The molecule has 7 heteroatoms. The van der Waals surface area contributed by atoms with Crippen LogP contribution in [0.5, 0.6) is 5.75 Å². The van der Waals surface area contributed by atoms with Gasteiger partial charge in [0.1, 0.15) is 5.75 Å². The van der Waals surface area contributed by atoms with E-state index in [9.17, 15) is 0 Å². The standard InChI is InChI=1S/C20H19N5O2/c1-3-26-17-12-8-7-11-16(17)20-21-19(23-27-20)18-14(2)25(24-22-18)13-15-9-5-4-6-10-15/h4-12H,3,13H2,1-2H3. The molecule has 0 fully saturated rings. The molecule has 136 valence electrons. The van der Waals surface area contributed by atoms with Crippen molar-refractivity contribution in [3.8, 4) is 28.7 Å². The fourth-order valence-corrected chi connectivity index (χ4v) is 2.83. The maximum Gasteiger partial charge on any atom is 0.262 e. The van der Waals surface area contributed by atoms with Crippen LogP contribution < -0.4 is 4.74 Å². The van der Waals surface area contributed by atoms with Crippen molar-refractivity contribution in [2.45, 2.75) is 20.4 Å². The molecule has 2 aromatic heterocycles. The molecular formula is C20H19N5O2. The minimum Gasteiger partial charge on any atom is -0.493 e. The lowest BCUT2D eigenvalue weighted by Gasteiger charge is -2.05. The lowest BCUT2D eigenvalue weighted by Crippen LogP contribution is -2.03. The lowest BCUT2D eigenvalue weighted by molar-refractivity contribution is 0.339. The molecule has 0 unspecified atom stereocenters. The molecule has 0 aliphatic rings. The molecule has 0 N–H and O–H groups in total. The molecule has 0 aliphatic heterocycles. The summed E-state index contributed by atoms with van der Waals surface area (Å²) in [7, 11) is 0. The summed E-state index contributed by atoms with van der Waals surface area (Å²) >= 11 is 0. The van der Waals surface area contributed by atoms with Gasteiger partial charge in [0.15, 0.2) is 5.69 Å². The van der Waals surface area contributed by atoms with Gasteiger partial charge in [-0.15, -0.1) is 5.10 Å². The molecule has 0 radical (unpaired) electrons. The monoisotopic (exact) mass is 361 g/mol. The Kier molecular flexibility index (Phi) is 4.65.